The number of rotatable bonds is 8. The van der Waals surface area contributed by atoms with Crippen molar-refractivity contribution in [2.24, 2.45) is 11.5 Å². The summed E-state index contributed by atoms with van der Waals surface area (Å²) in [4.78, 5) is 0. The van der Waals surface area contributed by atoms with Crippen LogP contribution in [0.15, 0.2) is 0 Å². The van der Waals surface area contributed by atoms with Crippen molar-refractivity contribution in [3.8, 4) is 0 Å². The maximum atomic E-state index is 6.02. The van der Waals surface area contributed by atoms with E-state index in [4.69, 9.17) is 24.7 Å². The molecule has 0 aliphatic carbocycles. The monoisotopic (exact) mass is 236 g/mol. The summed E-state index contributed by atoms with van der Waals surface area (Å²) >= 11 is 0. The van der Waals surface area contributed by atoms with Gasteiger partial charge in [0.2, 0.25) is 0 Å². The fraction of sp³-hybridized carbons (Fsp3) is 1.00. The topological polar surface area (TPSA) is 79.7 Å². The molecule has 0 aromatic heterocycles. The molecule has 15 heavy (non-hydrogen) atoms. The summed E-state index contributed by atoms with van der Waals surface area (Å²) in [5.41, 5.74) is 11.7. The van der Waals surface area contributed by atoms with Gasteiger partial charge in [0.1, 0.15) is 0 Å². The number of hydrogen-bond donors (Lipinski definition) is 2. The zero-order valence-corrected chi connectivity index (χ0v) is 11.2. The lowest BCUT2D eigenvalue weighted by Gasteiger charge is -2.31. The molecule has 0 saturated carbocycles. The lowest BCUT2D eigenvalue weighted by atomic mass is 10.1. The second kappa shape index (κ2) is 7.32. The first-order valence-corrected chi connectivity index (χ1v) is 7.03. The van der Waals surface area contributed by atoms with Crippen LogP contribution in [0.5, 0.6) is 0 Å². The van der Waals surface area contributed by atoms with Crippen LogP contribution >= 0.6 is 0 Å². The van der Waals surface area contributed by atoms with Gasteiger partial charge < -0.3 is 24.7 Å². The molecule has 0 aromatic carbocycles. The molecule has 0 amide bonds. The van der Waals surface area contributed by atoms with Gasteiger partial charge in [-0.2, -0.15) is 0 Å². The zero-order valence-electron chi connectivity index (χ0n) is 10.2. The van der Waals surface area contributed by atoms with E-state index in [0.717, 1.165) is 12.8 Å². The van der Waals surface area contributed by atoms with Crippen LogP contribution in [0.1, 0.15) is 26.2 Å². The Labute approximate surface area is 93.4 Å². The van der Waals surface area contributed by atoms with E-state index in [1.54, 1.807) is 21.3 Å². The molecule has 4 N–H and O–H groups in total. The van der Waals surface area contributed by atoms with Crippen molar-refractivity contribution in [3.63, 3.8) is 0 Å². The summed E-state index contributed by atoms with van der Waals surface area (Å²) in [7, 11) is 1.97. The van der Waals surface area contributed by atoms with Crippen molar-refractivity contribution in [2.45, 2.75) is 37.9 Å². The van der Waals surface area contributed by atoms with E-state index in [2.05, 4.69) is 6.92 Å². The second-order valence-corrected chi connectivity index (χ2v) is 6.78. The van der Waals surface area contributed by atoms with Crippen LogP contribution < -0.4 is 11.5 Å². The molecule has 0 heterocycles. The minimum atomic E-state index is -2.71. The molecule has 0 aliphatic rings. The highest BCUT2D eigenvalue weighted by Gasteiger charge is 2.45. The molecular weight excluding hydrogens is 212 g/mol. The number of nitrogens with two attached hydrogens (primary N) is 2. The molecule has 0 radical (unpaired) electrons. The van der Waals surface area contributed by atoms with Crippen LogP contribution in [0.3, 0.4) is 0 Å². The molecule has 0 spiro atoms. The van der Waals surface area contributed by atoms with Gasteiger partial charge in [0.25, 0.3) is 0 Å². The SMILES string of the molecule is CCCC(N)CC(N)[Si](OC)(OC)OC. The highest BCUT2D eigenvalue weighted by atomic mass is 28.4. The molecule has 2 atom stereocenters. The molecule has 2 unspecified atom stereocenters. The lowest BCUT2D eigenvalue weighted by molar-refractivity contribution is 0.110. The molecule has 0 saturated heterocycles. The Morgan fingerprint density at radius 3 is 1.87 bits per heavy atom. The van der Waals surface area contributed by atoms with Gasteiger partial charge in [-0.15, -0.1) is 0 Å². The summed E-state index contributed by atoms with van der Waals surface area (Å²) in [5.74, 6) is 0. The van der Waals surface area contributed by atoms with E-state index >= 15 is 0 Å². The Hall–Kier alpha value is 0.0169. The van der Waals surface area contributed by atoms with E-state index < -0.39 is 8.80 Å². The minimum Gasteiger partial charge on any atom is -0.376 e. The third-order valence-electron chi connectivity index (χ3n) is 2.52. The van der Waals surface area contributed by atoms with Crippen molar-refractivity contribution in [2.75, 3.05) is 21.3 Å². The highest BCUT2D eigenvalue weighted by molar-refractivity contribution is 6.62. The highest BCUT2D eigenvalue weighted by Crippen LogP contribution is 2.15. The Morgan fingerprint density at radius 2 is 1.53 bits per heavy atom. The molecular formula is C9H24N2O3Si. The molecule has 0 aliphatic heterocycles. The standard InChI is InChI=1S/C9H24N2O3Si/c1-5-6-8(10)7-9(11)15(12-2,13-3)14-4/h8-9H,5-7,10-11H2,1-4H3. The second-order valence-electron chi connectivity index (χ2n) is 3.61. The van der Waals surface area contributed by atoms with E-state index in [-0.39, 0.29) is 11.7 Å². The van der Waals surface area contributed by atoms with Gasteiger partial charge in [0, 0.05) is 27.4 Å². The normalized spacial score (nSPS) is 16.4. The Morgan fingerprint density at radius 1 is 1.07 bits per heavy atom. The smallest absolute Gasteiger partial charge is 0.376 e. The van der Waals surface area contributed by atoms with Crippen molar-refractivity contribution >= 4 is 8.80 Å². The van der Waals surface area contributed by atoms with Crippen LogP contribution in [0.25, 0.3) is 0 Å². The first-order valence-electron chi connectivity index (χ1n) is 5.22. The van der Waals surface area contributed by atoms with E-state index in [0.29, 0.717) is 6.42 Å². The third kappa shape index (κ3) is 4.18. The van der Waals surface area contributed by atoms with Crippen molar-refractivity contribution in [1.29, 1.82) is 0 Å². The average Bonchev–Trinajstić information content (AvgIpc) is 2.21. The molecule has 0 fully saturated rings. The summed E-state index contributed by atoms with van der Waals surface area (Å²) in [6, 6.07) is 0.0809. The maximum Gasteiger partial charge on any atom is 0.517 e. The van der Waals surface area contributed by atoms with Gasteiger partial charge in [-0.05, 0) is 12.8 Å². The fourth-order valence-corrected chi connectivity index (χ4v) is 3.66. The third-order valence-corrected chi connectivity index (χ3v) is 5.37. The van der Waals surface area contributed by atoms with Crippen molar-refractivity contribution in [3.05, 3.63) is 0 Å². The van der Waals surface area contributed by atoms with Crippen LogP contribution in [0.2, 0.25) is 0 Å². The molecule has 0 rings (SSSR count). The van der Waals surface area contributed by atoms with Gasteiger partial charge in [0.15, 0.2) is 0 Å². The van der Waals surface area contributed by atoms with Gasteiger partial charge >= 0.3 is 8.80 Å². The largest absolute Gasteiger partial charge is 0.517 e. The summed E-state index contributed by atoms with van der Waals surface area (Å²) in [5, 5.41) is 0. The average molecular weight is 236 g/mol. The summed E-state index contributed by atoms with van der Waals surface area (Å²) in [6.45, 7) is 2.10. The maximum absolute atomic E-state index is 6.02. The zero-order chi connectivity index (χ0) is 11.9. The molecule has 6 heteroatoms. The van der Waals surface area contributed by atoms with Gasteiger partial charge in [-0.1, -0.05) is 13.3 Å². The number of hydrogen-bond acceptors (Lipinski definition) is 5. The minimum absolute atomic E-state index is 0.0809. The fourth-order valence-electron chi connectivity index (χ4n) is 1.66. The first-order chi connectivity index (χ1) is 7.06. The van der Waals surface area contributed by atoms with Gasteiger partial charge in [-0.3, -0.25) is 0 Å². The molecule has 0 aromatic rings. The summed E-state index contributed by atoms with van der Waals surface area (Å²) in [6.07, 6.45) is 2.67. The van der Waals surface area contributed by atoms with E-state index in [1.165, 1.54) is 0 Å². The van der Waals surface area contributed by atoms with Crippen LogP contribution in [-0.4, -0.2) is 41.8 Å². The lowest BCUT2D eigenvalue weighted by Crippen LogP contribution is -2.60. The quantitative estimate of drug-likeness (QED) is 0.591. The molecule has 0 bridgehead atoms. The predicted molar refractivity (Wildman–Crippen MR) is 62.3 cm³/mol. The molecule has 5 nitrogen and oxygen atoms in total. The predicted octanol–water partition coefficient (Wildman–Crippen LogP) is 0.249. The Kier molecular flexibility index (Phi) is 7.32. The van der Waals surface area contributed by atoms with Crippen LogP contribution in [-0.2, 0) is 13.3 Å². The first kappa shape index (κ1) is 15.0. The van der Waals surface area contributed by atoms with Crippen LogP contribution in [0, 0.1) is 0 Å². The van der Waals surface area contributed by atoms with Crippen LogP contribution in [0.4, 0.5) is 0 Å². The van der Waals surface area contributed by atoms with E-state index in [1.807, 2.05) is 0 Å². The molecule has 92 valence electrons. The van der Waals surface area contributed by atoms with E-state index in [9.17, 15) is 0 Å². The van der Waals surface area contributed by atoms with Gasteiger partial charge in [0.05, 0.1) is 5.67 Å². The summed E-state index contributed by atoms with van der Waals surface area (Å²) < 4.78 is 15.9. The van der Waals surface area contributed by atoms with Crippen molar-refractivity contribution < 1.29 is 13.3 Å². The van der Waals surface area contributed by atoms with Gasteiger partial charge in [-0.25, -0.2) is 0 Å². The Balaban J connectivity index is 4.31. The Bertz CT molecular complexity index is 159. The van der Waals surface area contributed by atoms with Crippen molar-refractivity contribution in [1.82, 2.24) is 0 Å².